The smallest absolute Gasteiger partial charge is 0.153 e. The molecule has 2 fully saturated rings. The van der Waals surface area contributed by atoms with E-state index in [-0.39, 0.29) is 23.6 Å². The first-order valence-corrected chi connectivity index (χ1v) is 7.93. The van der Waals surface area contributed by atoms with Crippen LogP contribution in [-0.2, 0) is 9.84 Å². The van der Waals surface area contributed by atoms with Gasteiger partial charge in [-0.2, -0.15) is 0 Å². The molecule has 4 nitrogen and oxygen atoms in total. The summed E-state index contributed by atoms with van der Waals surface area (Å²) in [6.45, 7) is 5.45. The minimum atomic E-state index is -2.90. The summed E-state index contributed by atoms with van der Waals surface area (Å²) in [5.41, 5.74) is 5.96. The van der Waals surface area contributed by atoms with Gasteiger partial charge in [0.25, 0.3) is 0 Å². The van der Waals surface area contributed by atoms with Crippen LogP contribution < -0.4 is 5.73 Å². The van der Waals surface area contributed by atoms with E-state index in [0.717, 1.165) is 25.3 Å². The number of piperidine rings is 1. The molecule has 16 heavy (non-hydrogen) atoms. The first-order valence-electron chi connectivity index (χ1n) is 6.11. The van der Waals surface area contributed by atoms with Crippen LogP contribution in [0.2, 0.25) is 0 Å². The lowest BCUT2D eigenvalue weighted by molar-refractivity contribution is 0.0853. The highest BCUT2D eigenvalue weighted by atomic mass is 32.2. The Hall–Kier alpha value is -0.130. The van der Waals surface area contributed by atoms with Crippen LogP contribution in [0, 0.1) is 5.92 Å². The number of sulfone groups is 1. The topological polar surface area (TPSA) is 63.4 Å². The molecule has 2 aliphatic heterocycles. The Labute approximate surface area is 98.1 Å². The molecule has 0 aromatic carbocycles. The van der Waals surface area contributed by atoms with E-state index in [2.05, 4.69) is 18.7 Å². The molecule has 0 radical (unpaired) electrons. The Morgan fingerprint density at radius 1 is 1.25 bits per heavy atom. The van der Waals surface area contributed by atoms with Crippen molar-refractivity contribution in [3.63, 3.8) is 0 Å². The van der Waals surface area contributed by atoms with Crippen molar-refractivity contribution in [2.75, 3.05) is 18.1 Å². The standard InChI is InChI=1S/C11H22N2O2S/c1-8-3-4-13(9(2)5-8)11-7-16(14,15)6-10(11)12/h8-11H,3-7,12H2,1-2H3. The molecule has 0 saturated carbocycles. The van der Waals surface area contributed by atoms with Crippen LogP contribution in [-0.4, -0.2) is 49.5 Å². The fourth-order valence-corrected chi connectivity index (χ4v) is 5.02. The summed E-state index contributed by atoms with van der Waals surface area (Å²) in [4.78, 5) is 2.31. The minimum Gasteiger partial charge on any atom is -0.325 e. The molecule has 4 unspecified atom stereocenters. The predicted octanol–water partition coefficient (Wildman–Crippen LogP) is 0.231. The number of rotatable bonds is 1. The molecule has 2 saturated heterocycles. The van der Waals surface area contributed by atoms with Gasteiger partial charge in [0.1, 0.15) is 0 Å². The summed E-state index contributed by atoms with van der Waals surface area (Å²) < 4.78 is 23.1. The summed E-state index contributed by atoms with van der Waals surface area (Å²) in [6.07, 6.45) is 2.32. The van der Waals surface area contributed by atoms with Gasteiger partial charge in [-0.05, 0) is 32.2 Å². The first kappa shape index (κ1) is 12.3. The maximum absolute atomic E-state index is 11.6. The van der Waals surface area contributed by atoms with E-state index < -0.39 is 9.84 Å². The molecule has 0 aromatic heterocycles. The second-order valence-electron chi connectivity index (χ2n) is 5.52. The van der Waals surface area contributed by atoms with E-state index >= 15 is 0 Å². The average Bonchev–Trinajstić information content (AvgIpc) is 2.39. The van der Waals surface area contributed by atoms with Crippen LogP contribution in [0.1, 0.15) is 26.7 Å². The monoisotopic (exact) mass is 246 g/mol. The van der Waals surface area contributed by atoms with Crippen LogP contribution in [0.15, 0.2) is 0 Å². The van der Waals surface area contributed by atoms with Crippen molar-refractivity contribution in [3.05, 3.63) is 0 Å². The number of nitrogens with two attached hydrogens (primary N) is 1. The molecule has 0 spiro atoms. The molecule has 4 atom stereocenters. The van der Waals surface area contributed by atoms with Gasteiger partial charge >= 0.3 is 0 Å². The number of nitrogens with zero attached hydrogens (tertiary/aromatic N) is 1. The van der Waals surface area contributed by atoms with Gasteiger partial charge in [0, 0.05) is 18.1 Å². The van der Waals surface area contributed by atoms with Crippen LogP contribution in [0.3, 0.4) is 0 Å². The van der Waals surface area contributed by atoms with Gasteiger partial charge in [0.15, 0.2) is 9.84 Å². The SMILES string of the molecule is CC1CCN(C2CS(=O)(=O)CC2N)C(C)C1. The van der Waals surface area contributed by atoms with E-state index in [1.54, 1.807) is 0 Å². The third-order valence-corrected chi connectivity index (χ3v) is 5.72. The highest BCUT2D eigenvalue weighted by Gasteiger charge is 2.41. The van der Waals surface area contributed by atoms with Crippen molar-refractivity contribution in [1.82, 2.24) is 4.90 Å². The minimum absolute atomic E-state index is 0.0486. The van der Waals surface area contributed by atoms with E-state index in [1.807, 2.05) is 0 Å². The number of hydrogen-bond donors (Lipinski definition) is 1. The van der Waals surface area contributed by atoms with Gasteiger partial charge in [-0.25, -0.2) is 8.42 Å². The van der Waals surface area contributed by atoms with Gasteiger partial charge in [-0.15, -0.1) is 0 Å². The molecule has 2 aliphatic rings. The summed E-state index contributed by atoms with van der Waals surface area (Å²) in [5, 5.41) is 0. The predicted molar refractivity (Wildman–Crippen MR) is 65.0 cm³/mol. The highest BCUT2D eigenvalue weighted by Crippen LogP contribution is 2.27. The quantitative estimate of drug-likeness (QED) is 0.719. The summed E-state index contributed by atoms with van der Waals surface area (Å²) in [6, 6.07) is 0.321. The normalized spacial score (nSPS) is 44.7. The molecule has 5 heteroatoms. The number of hydrogen-bond acceptors (Lipinski definition) is 4. The first-order chi connectivity index (χ1) is 7.39. The van der Waals surface area contributed by atoms with Gasteiger partial charge in [-0.3, -0.25) is 4.90 Å². The van der Waals surface area contributed by atoms with Gasteiger partial charge in [0.2, 0.25) is 0 Å². The highest BCUT2D eigenvalue weighted by molar-refractivity contribution is 7.91. The summed E-state index contributed by atoms with van der Waals surface area (Å²) >= 11 is 0. The molecule has 0 bridgehead atoms. The average molecular weight is 246 g/mol. The van der Waals surface area contributed by atoms with Crippen LogP contribution >= 0.6 is 0 Å². The van der Waals surface area contributed by atoms with Crippen molar-refractivity contribution in [2.24, 2.45) is 11.7 Å². The largest absolute Gasteiger partial charge is 0.325 e. The Kier molecular flexibility index (Phi) is 3.29. The lowest BCUT2D eigenvalue weighted by Gasteiger charge is -2.41. The zero-order valence-corrected chi connectivity index (χ0v) is 10.9. The Balaban J connectivity index is 2.08. The lowest BCUT2D eigenvalue weighted by atomic mass is 9.91. The maximum atomic E-state index is 11.6. The van der Waals surface area contributed by atoms with Gasteiger partial charge in [0.05, 0.1) is 11.5 Å². The molecule has 0 aromatic rings. The van der Waals surface area contributed by atoms with Crippen molar-refractivity contribution in [1.29, 1.82) is 0 Å². The molecule has 2 rings (SSSR count). The van der Waals surface area contributed by atoms with E-state index in [0.29, 0.717) is 6.04 Å². The fraction of sp³-hybridized carbons (Fsp3) is 1.00. The Morgan fingerprint density at radius 3 is 2.44 bits per heavy atom. The Morgan fingerprint density at radius 2 is 1.94 bits per heavy atom. The van der Waals surface area contributed by atoms with E-state index in [4.69, 9.17) is 5.73 Å². The van der Waals surface area contributed by atoms with E-state index in [9.17, 15) is 8.42 Å². The van der Waals surface area contributed by atoms with Crippen LogP contribution in [0.25, 0.3) is 0 Å². The van der Waals surface area contributed by atoms with Crippen LogP contribution in [0.5, 0.6) is 0 Å². The summed E-state index contributed by atoms with van der Waals surface area (Å²) in [7, 11) is -2.90. The summed E-state index contributed by atoms with van der Waals surface area (Å²) in [5.74, 6) is 1.17. The zero-order valence-electron chi connectivity index (χ0n) is 10.1. The van der Waals surface area contributed by atoms with Crippen molar-refractivity contribution in [3.8, 4) is 0 Å². The zero-order chi connectivity index (χ0) is 11.9. The van der Waals surface area contributed by atoms with Crippen molar-refractivity contribution >= 4 is 9.84 Å². The molecule has 0 amide bonds. The molecule has 2 N–H and O–H groups in total. The second-order valence-corrected chi connectivity index (χ2v) is 7.68. The van der Waals surface area contributed by atoms with Gasteiger partial charge in [-0.1, -0.05) is 6.92 Å². The lowest BCUT2D eigenvalue weighted by Crippen LogP contribution is -2.53. The molecular formula is C11H22N2O2S. The number of likely N-dealkylation sites (tertiary alicyclic amines) is 1. The molecular weight excluding hydrogens is 224 g/mol. The fourth-order valence-electron chi connectivity index (χ4n) is 3.12. The molecule has 94 valence electrons. The second kappa shape index (κ2) is 4.27. The maximum Gasteiger partial charge on any atom is 0.153 e. The Bertz CT molecular complexity index is 355. The van der Waals surface area contributed by atoms with Crippen molar-refractivity contribution in [2.45, 2.75) is 44.8 Å². The van der Waals surface area contributed by atoms with Gasteiger partial charge < -0.3 is 5.73 Å². The van der Waals surface area contributed by atoms with Crippen molar-refractivity contribution < 1.29 is 8.42 Å². The van der Waals surface area contributed by atoms with E-state index in [1.165, 1.54) is 0 Å². The molecule has 0 aliphatic carbocycles. The third kappa shape index (κ3) is 2.41. The van der Waals surface area contributed by atoms with Crippen LogP contribution in [0.4, 0.5) is 0 Å². The molecule has 2 heterocycles. The third-order valence-electron chi connectivity index (χ3n) is 3.98.